The van der Waals surface area contributed by atoms with Gasteiger partial charge in [-0.1, -0.05) is 18.7 Å². The van der Waals surface area contributed by atoms with Gasteiger partial charge in [0.2, 0.25) is 0 Å². The summed E-state index contributed by atoms with van der Waals surface area (Å²) in [5.74, 6) is 0.372. The maximum Gasteiger partial charge on any atom is 0.262 e. The zero-order valence-electron chi connectivity index (χ0n) is 16.8. The second kappa shape index (κ2) is 7.52. The highest BCUT2D eigenvalue weighted by atomic mass is 32.2. The summed E-state index contributed by atoms with van der Waals surface area (Å²) in [6, 6.07) is 1.98. The Kier molecular flexibility index (Phi) is 5.22. The molecule has 0 N–H and O–H groups in total. The first kappa shape index (κ1) is 19.5. The van der Waals surface area contributed by atoms with E-state index in [1.807, 2.05) is 19.9 Å². The van der Waals surface area contributed by atoms with E-state index in [9.17, 15) is 9.59 Å². The lowest BCUT2D eigenvalue weighted by atomic mass is 10.2. The number of aromatic nitrogens is 3. The fraction of sp³-hybridized carbons (Fsp3) is 0.476. The topological polar surface area (TPSA) is 56.9 Å². The fourth-order valence-electron chi connectivity index (χ4n) is 4.09. The highest BCUT2D eigenvalue weighted by Crippen LogP contribution is 2.35. The first-order chi connectivity index (χ1) is 13.4. The van der Waals surface area contributed by atoms with Crippen LogP contribution in [0.2, 0.25) is 0 Å². The molecule has 0 fully saturated rings. The van der Waals surface area contributed by atoms with Crippen LogP contribution < -0.4 is 5.56 Å². The molecule has 3 heterocycles. The van der Waals surface area contributed by atoms with Crippen LogP contribution in [0.1, 0.15) is 52.0 Å². The van der Waals surface area contributed by atoms with Crippen molar-refractivity contribution in [3.63, 3.8) is 0 Å². The van der Waals surface area contributed by atoms with Crippen molar-refractivity contribution in [1.82, 2.24) is 14.1 Å². The molecule has 0 radical (unpaired) electrons. The van der Waals surface area contributed by atoms with Gasteiger partial charge in [-0.2, -0.15) is 0 Å². The normalized spacial score (nSPS) is 13.4. The quantitative estimate of drug-likeness (QED) is 0.342. The van der Waals surface area contributed by atoms with Gasteiger partial charge < -0.3 is 4.57 Å². The van der Waals surface area contributed by atoms with Gasteiger partial charge in [0.1, 0.15) is 4.83 Å². The molecule has 4 rings (SSSR count). The van der Waals surface area contributed by atoms with Crippen LogP contribution in [0.25, 0.3) is 10.2 Å². The molecule has 0 unspecified atom stereocenters. The van der Waals surface area contributed by atoms with E-state index < -0.39 is 0 Å². The number of ketones is 1. The molecule has 7 heteroatoms. The Hall–Kier alpha value is -1.86. The number of Topliss-reactive ketones (excluding diaryl/α,β-unsaturated/α-hetero) is 1. The molecule has 0 aliphatic heterocycles. The zero-order valence-corrected chi connectivity index (χ0v) is 18.4. The fourth-order valence-corrected chi connectivity index (χ4v) is 6.25. The van der Waals surface area contributed by atoms with E-state index in [1.165, 1.54) is 22.2 Å². The first-order valence-electron chi connectivity index (χ1n) is 9.76. The van der Waals surface area contributed by atoms with Gasteiger partial charge in [0.15, 0.2) is 10.9 Å². The number of thioether (sulfide) groups is 1. The van der Waals surface area contributed by atoms with Crippen LogP contribution >= 0.6 is 23.1 Å². The molecule has 0 saturated heterocycles. The molecule has 1 aliphatic rings. The predicted molar refractivity (Wildman–Crippen MR) is 116 cm³/mol. The van der Waals surface area contributed by atoms with E-state index in [-0.39, 0.29) is 17.1 Å². The van der Waals surface area contributed by atoms with Crippen LogP contribution in [-0.4, -0.2) is 25.7 Å². The summed E-state index contributed by atoms with van der Waals surface area (Å²) in [7, 11) is 1.76. The van der Waals surface area contributed by atoms with Crippen molar-refractivity contribution in [2.24, 2.45) is 7.05 Å². The minimum absolute atomic E-state index is 0.0143. The lowest BCUT2D eigenvalue weighted by molar-refractivity contribution is 0.102. The Morgan fingerprint density at radius 1 is 1.32 bits per heavy atom. The Morgan fingerprint density at radius 2 is 2.11 bits per heavy atom. The highest BCUT2D eigenvalue weighted by Gasteiger charge is 2.23. The number of hydrogen-bond acceptors (Lipinski definition) is 5. The second-order valence-corrected chi connectivity index (χ2v) is 9.47. The monoisotopic (exact) mass is 415 g/mol. The van der Waals surface area contributed by atoms with Crippen LogP contribution in [0.5, 0.6) is 0 Å². The van der Waals surface area contributed by atoms with Crippen molar-refractivity contribution in [3.05, 3.63) is 43.8 Å². The van der Waals surface area contributed by atoms with Crippen LogP contribution in [0.15, 0.2) is 16.0 Å². The van der Waals surface area contributed by atoms with Gasteiger partial charge in [0.25, 0.3) is 5.56 Å². The molecule has 3 aromatic rings. The Labute approximate surface area is 172 Å². The van der Waals surface area contributed by atoms with Crippen molar-refractivity contribution < 1.29 is 4.79 Å². The van der Waals surface area contributed by atoms with Crippen LogP contribution in [0.4, 0.5) is 0 Å². The average molecular weight is 416 g/mol. The van der Waals surface area contributed by atoms with E-state index in [2.05, 4.69) is 11.5 Å². The third-order valence-electron chi connectivity index (χ3n) is 5.56. The molecule has 1 aliphatic carbocycles. The molecule has 0 spiro atoms. The number of carbonyl (C=O) groups excluding carboxylic acids is 1. The summed E-state index contributed by atoms with van der Waals surface area (Å²) in [6.07, 6.45) is 4.19. The van der Waals surface area contributed by atoms with Gasteiger partial charge in [0, 0.05) is 35.4 Å². The lowest BCUT2D eigenvalue weighted by Gasteiger charge is -2.09. The summed E-state index contributed by atoms with van der Waals surface area (Å²) in [4.78, 5) is 32.6. The molecular weight excluding hydrogens is 390 g/mol. The number of fused-ring (bicyclic) bond motifs is 3. The minimum atomic E-state index is 0.0143. The van der Waals surface area contributed by atoms with E-state index in [4.69, 9.17) is 4.98 Å². The number of nitrogens with zero attached hydrogens (tertiary/aromatic N) is 3. The van der Waals surface area contributed by atoms with Crippen LogP contribution in [0.3, 0.4) is 0 Å². The molecule has 5 nitrogen and oxygen atoms in total. The lowest BCUT2D eigenvalue weighted by Crippen LogP contribution is -2.20. The van der Waals surface area contributed by atoms with Gasteiger partial charge in [-0.25, -0.2) is 4.98 Å². The molecule has 0 saturated carbocycles. The zero-order chi connectivity index (χ0) is 20.0. The Balaban J connectivity index is 1.59. The van der Waals surface area contributed by atoms with Crippen LogP contribution in [-0.2, 0) is 26.4 Å². The molecule has 28 heavy (non-hydrogen) atoms. The van der Waals surface area contributed by atoms with Gasteiger partial charge in [-0.15, -0.1) is 11.3 Å². The predicted octanol–water partition coefficient (Wildman–Crippen LogP) is 4.29. The molecule has 3 aromatic heterocycles. The number of aryl methyl sites for hydroxylation is 3. The van der Waals surface area contributed by atoms with Gasteiger partial charge >= 0.3 is 0 Å². The van der Waals surface area contributed by atoms with E-state index in [0.717, 1.165) is 59.4 Å². The summed E-state index contributed by atoms with van der Waals surface area (Å²) < 4.78 is 3.80. The molecule has 0 aromatic carbocycles. The van der Waals surface area contributed by atoms with E-state index in [1.54, 1.807) is 23.0 Å². The summed E-state index contributed by atoms with van der Waals surface area (Å²) >= 11 is 3.00. The standard InChI is InChI=1S/C21H25N3O2S2/c1-5-9-24-12(2)10-15(13(24)3)16(25)11-27-21-22-19-18(20(26)23(21)4)14-7-6-8-17(14)28-19/h10H,5-9,11H2,1-4H3. The third-order valence-corrected chi connectivity index (χ3v) is 7.77. The second-order valence-electron chi connectivity index (χ2n) is 7.44. The summed E-state index contributed by atoms with van der Waals surface area (Å²) in [6.45, 7) is 7.11. The maximum atomic E-state index is 12.9. The van der Waals surface area contributed by atoms with Crippen molar-refractivity contribution in [3.8, 4) is 0 Å². The molecule has 0 atom stereocenters. The highest BCUT2D eigenvalue weighted by molar-refractivity contribution is 7.99. The maximum absolute atomic E-state index is 12.9. The number of thiophene rings is 1. The number of rotatable bonds is 6. The molecular formula is C21H25N3O2S2. The van der Waals surface area contributed by atoms with Crippen LogP contribution in [0, 0.1) is 13.8 Å². The molecule has 148 valence electrons. The smallest absolute Gasteiger partial charge is 0.262 e. The van der Waals surface area contributed by atoms with E-state index in [0.29, 0.717) is 5.16 Å². The molecule has 0 bridgehead atoms. The average Bonchev–Trinajstić information content (AvgIpc) is 3.32. The molecule has 0 amide bonds. The van der Waals surface area contributed by atoms with Gasteiger partial charge in [-0.3, -0.25) is 14.2 Å². The Bertz CT molecular complexity index is 1140. The summed E-state index contributed by atoms with van der Waals surface area (Å²) in [5, 5.41) is 1.41. The van der Waals surface area contributed by atoms with Gasteiger partial charge in [0.05, 0.1) is 11.1 Å². The minimum Gasteiger partial charge on any atom is -0.348 e. The first-order valence-corrected chi connectivity index (χ1v) is 11.6. The van der Waals surface area contributed by atoms with E-state index >= 15 is 0 Å². The van der Waals surface area contributed by atoms with Crippen molar-refractivity contribution in [2.45, 2.75) is 58.2 Å². The van der Waals surface area contributed by atoms with Crippen molar-refractivity contribution in [2.75, 3.05) is 5.75 Å². The Morgan fingerprint density at radius 3 is 2.86 bits per heavy atom. The largest absolute Gasteiger partial charge is 0.348 e. The number of carbonyl (C=O) groups is 1. The SMILES string of the molecule is CCCn1c(C)cc(C(=O)CSc2nc3sc4c(c3c(=O)n2C)CCC4)c1C. The van der Waals surface area contributed by atoms with Crippen molar-refractivity contribution >= 4 is 39.1 Å². The number of hydrogen-bond donors (Lipinski definition) is 0. The van der Waals surface area contributed by atoms with Crippen molar-refractivity contribution in [1.29, 1.82) is 0 Å². The summed E-state index contributed by atoms with van der Waals surface area (Å²) in [5.41, 5.74) is 4.13. The third kappa shape index (κ3) is 3.14. The van der Waals surface area contributed by atoms with Gasteiger partial charge in [-0.05, 0) is 51.2 Å².